The first-order valence-electron chi connectivity index (χ1n) is 9.47. The van der Waals surface area contributed by atoms with Gasteiger partial charge in [0.05, 0.1) is 10.6 Å². The minimum Gasteiger partial charge on any atom is -0.406 e. The quantitative estimate of drug-likeness (QED) is 0.440. The lowest BCUT2D eigenvalue weighted by atomic mass is 10.2. The van der Waals surface area contributed by atoms with E-state index in [9.17, 15) is 22.8 Å². The summed E-state index contributed by atoms with van der Waals surface area (Å²) >= 11 is 2.69. The molecule has 31 heavy (non-hydrogen) atoms. The molecule has 1 amide bonds. The molecule has 11 heteroatoms. The number of fused-ring (bicyclic) bond motifs is 3. The van der Waals surface area contributed by atoms with E-state index in [0.717, 1.165) is 48.7 Å². The van der Waals surface area contributed by atoms with Crippen molar-refractivity contribution in [3.05, 3.63) is 45.1 Å². The molecule has 1 aromatic carbocycles. The number of aryl methyl sites for hydroxylation is 2. The Balaban J connectivity index is 1.47. The van der Waals surface area contributed by atoms with Gasteiger partial charge in [0, 0.05) is 17.6 Å². The number of thiophene rings is 1. The Morgan fingerprint density at radius 1 is 1.29 bits per heavy atom. The number of halogens is 3. The second-order valence-electron chi connectivity index (χ2n) is 7.12. The van der Waals surface area contributed by atoms with Gasteiger partial charge < -0.3 is 10.1 Å². The Morgan fingerprint density at radius 2 is 2.00 bits per heavy atom. The predicted molar refractivity (Wildman–Crippen MR) is 114 cm³/mol. The number of amides is 1. The molecule has 6 nitrogen and oxygen atoms in total. The van der Waals surface area contributed by atoms with Gasteiger partial charge in [0.15, 0.2) is 5.16 Å². The van der Waals surface area contributed by atoms with Crippen LogP contribution in [0.5, 0.6) is 5.75 Å². The fraction of sp³-hybridized carbons (Fsp3) is 0.350. The van der Waals surface area contributed by atoms with Gasteiger partial charge in [-0.1, -0.05) is 11.8 Å². The summed E-state index contributed by atoms with van der Waals surface area (Å²) in [6.07, 6.45) is -1.86. The van der Waals surface area contributed by atoms with Crippen LogP contribution in [-0.2, 0) is 24.7 Å². The fourth-order valence-electron chi connectivity index (χ4n) is 3.41. The molecule has 0 bridgehead atoms. The van der Waals surface area contributed by atoms with Gasteiger partial charge >= 0.3 is 6.36 Å². The Kier molecular flexibility index (Phi) is 5.73. The van der Waals surface area contributed by atoms with Gasteiger partial charge in [0.25, 0.3) is 5.56 Å². The number of carbonyl (C=O) groups is 1. The van der Waals surface area contributed by atoms with Crippen LogP contribution in [-0.4, -0.2) is 27.1 Å². The SMILES string of the molecule is CC(Sc1nc2sc3c(c2c(=O)n1C)CCC3)C(=O)Nc1ccc(OC(F)(F)F)cc1. The molecule has 1 aliphatic carbocycles. The van der Waals surface area contributed by atoms with Crippen LogP contribution in [0.15, 0.2) is 34.2 Å². The second-order valence-corrected chi connectivity index (χ2v) is 9.51. The van der Waals surface area contributed by atoms with E-state index in [1.807, 2.05) is 0 Å². The Hall–Kier alpha value is -2.53. The molecule has 0 saturated carbocycles. The molecule has 1 N–H and O–H groups in total. The number of hydrogen-bond donors (Lipinski definition) is 1. The molecule has 1 aliphatic rings. The van der Waals surface area contributed by atoms with Gasteiger partial charge in [-0.05, 0) is 56.0 Å². The Labute approximate surface area is 183 Å². The van der Waals surface area contributed by atoms with Gasteiger partial charge in [-0.3, -0.25) is 14.2 Å². The first kappa shape index (κ1) is 21.7. The second kappa shape index (κ2) is 8.19. The minimum atomic E-state index is -4.78. The molecule has 1 atom stereocenters. The number of hydrogen-bond acceptors (Lipinski definition) is 6. The van der Waals surface area contributed by atoms with Crippen molar-refractivity contribution < 1.29 is 22.7 Å². The van der Waals surface area contributed by atoms with E-state index in [2.05, 4.69) is 15.0 Å². The third-order valence-electron chi connectivity index (χ3n) is 4.91. The fourth-order valence-corrected chi connectivity index (χ4v) is 5.58. The zero-order valence-electron chi connectivity index (χ0n) is 16.6. The summed E-state index contributed by atoms with van der Waals surface area (Å²) < 4.78 is 42.0. The predicted octanol–water partition coefficient (Wildman–Crippen LogP) is 4.50. The first-order valence-corrected chi connectivity index (χ1v) is 11.2. The largest absolute Gasteiger partial charge is 0.573 e. The van der Waals surface area contributed by atoms with Crippen molar-refractivity contribution in [2.75, 3.05) is 5.32 Å². The molecule has 0 fully saturated rings. The number of nitrogens with zero attached hydrogens (tertiary/aromatic N) is 2. The molecular weight excluding hydrogens is 451 g/mol. The van der Waals surface area contributed by atoms with Crippen LogP contribution in [0.3, 0.4) is 0 Å². The average molecular weight is 470 g/mol. The standard InChI is InChI=1S/C20H18F3N3O3S2/c1-10(16(27)24-11-6-8-12(9-7-11)29-20(21,22)23)30-19-25-17-15(18(28)26(19)2)13-4-3-5-14(13)31-17/h6-10H,3-5H2,1-2H3,(H,24,27). The van der Waals surface area contributed by atoms with E-state index in [1.54, 1.807) is 14.0 Å². The molecular formula is C20H18F3N3O3S2. The number of nitrogens with one attached hydrogen (secondary N) is 1. The van der Waals surface area contributed by atoms with E-state index in [1.165, 1.54) is 32.9 Å². The number of anilines is 1. The normalized spacial score (nSPS) is 14.5. The number of alkyl halides is 3. The van der Waals surface area contributed by atoms with Gasteiger partial charge in [-0.25, -0.2) is 4.98 Å². The number of aromatic nitrogens is 2. The topological polar surface area (TPSA) is 73.2 Å². The summed E-state index contributed by atoms with van der Waals surface area (Å²) in [6.45, 7) is 1.67. The van der Waals surface area contributed by atoms with Gasteiger partial charge in [-0.15, -0.1) is 24.5 Å². The first-order chi connectivity index (χ1) is 14.6. The number of ether oxygens (including phenoxy) is 1. The smallest absolute Gasteiger partial charge is 0.406 e. The molecule has 4 rings (SSSR count). The number of benzene rings is 1. The van der Waals surface area contributed by atoms with E-state index < -0.39 is 11.6 Å². The van der Waals surface area contributed by atoms with Gasteiger partial charge in [0.1, 0.15) is 10.6 Å². The highest BCUT2D eigenvalue weighted by Crippen LogP contribution is 2.36. The molecule has 0 radical (unpaired) electrons. The maximum absolute atomic E-state index is 12.9. The number of thioether (sulfide) groups is 1. The molecule has 3 aromatic rings. The number of carbonyl (C=O) groups excluding carboxylic acids is 1. The molecule has 164 valence electrons. The summed E-state index contributed by atoms with van der Waals surface area (Å²) in [5.74, 6) is -0.735. The van der Waals surface area contributed by atoms with Crippen molar-refractivity contribution in [3.8, 4) is 5.75 Å². The maximum Gasteiger partial charge on any atom is 0.573 e. The highest BCUT2D eigenvalue weighted by atomic mass is 32.2. The highest BCUT2D eigenvalue weighted by Gasteiger charge is 2.31. The zero-order valence-corrected chi connectivity index (χ0v) is 18.2. The van der Waals surface area contributed by atoms with Crippen molar-refractivity contribution in [2.24, 2.45) is 7.05 Å². The third-order valence-corrected chi connectivity index (χ3v) is 7.24. The molecule has 0 aliphatic heterocycles. The lowest BCUT2D eigenvalue weighted by Gasteiger charge is -2.14. The number of rotatable bonds is 5. The van der Waals surface area contributed by atoms with Crippen LogP contribution >= 0.6 is 23.1 Å². The highest BCUT2D eigenvalue weighted by molar-refractivity contribution is 8.00. The van der Waals surface area contributed by atoms with Gasteiger partial charge in [-0.2, -0.15) is 0 Å². The van der Waals surface area contributed by atoms with Gasteiger partial charge in [0.2, 0.25) is 5.91 Å². The summed E-state index contributed by atoms with van der Waals surface area (Å²) in [4.78, 5) is 31.9. The van der Waals surface area contributed by atoms with E-state index in [4.69, 9.17) is 0 Å². The van der Waals surface area contributed by atoms with Crippen LogP contribution in [0.4, 0.5) is 18.9 Å². The van der Waals surface area contributed by atoms with Crippen molar-refractivity contribution in [2.45, 2.75) is 43.0 Å². The molecule has 2 heterocycles. The molecule has 1 unspecified atom stereocenters. The summed E-state index contributed by atoms with van der Waals surface area (Å²) in [5.41, 5.74) is 1.33. The van der Waals surface area contributed by atoms with Crippen LogP contribution in [0.1, 0.15) is 23.8 Å². The Bertz CT molecular complexity index is 1200. The maximum atomic E-state index is 12.9. The van der Waals surface area contributed by atoms with E-state index >= 15 is 0 Å². The van der Waals surface area contributed by atoms with Crippen LogP contribution < -0.4 is 15.6 Å². The van der Waals surface area contributed by atoms with Crippen LogP contribution in [0, 0.1) is 0 Å². The molecule has 0 saturated heterocycles. The van der Waals surface area contributed by atoms with E-state index in [-0.39, 0.29) is 17.2 Å². The van der Waals surface area contributed by atoms with Crippen molar-refractivity contribution in [3.63, 3.8) is 0 Å². The average Bonchev–Trinajstić information content (AvgIpc) is 3.27. The van der Waals surface area contributed by atoms with Crippen molar-refractivity contribution >= 4 is 44.9 Å². The summed E-state index contributed by atoms with van der Waals surface area (Å²) in [5, 5.41) is 3.18. The van der Waals surface area contributed by atoms with Crippen LogP contribution in [0.2, 0.25) is 0 Å². The summed E-state index contributed by atoms with van der Waals surface area (Å²) in [7, 11) is 1.64. The zero-order chi connectivity index (χ0) is 22.3. The lowest BCUT2D eigenvalue weighted by Crippen LogP contribution is -2.25. The summed E-state index contributed by atoms with van der Waals surface area (Å²) in [6, 6.07) is 4.89. The molecule has 2 aromatic heterocycles. The Morgan fingerprint density at radius 3 is 2.68 bits per heavy atom. The minimum absolute atomic E-state index is 0.111. The van der Waals surface area contributed by atoms with Crippen LogP contribution in [0.25, 0.3) is 10.2 Å². The monoisotopic (exact) mass is 469 g/mol. The third kappa shape index (κ3) is 4.57. The van der Waals surface area contributed by atoms with E-state index in [0.29, 0.717) is 21.1 Å². The molecule has 0 spiro atoms. The lowest BCUT2D eigenvalue weighted by molar-refractivity contribution is -0.274. The van der Waals surface area contributed by atoms with Crippen molar-refractivity contribution in [1.29, 1.82) is 0 Å². The van der Waals surface area contributed by atoms with Crippen molar-refractivity contribution in [1.82, 2.24) is 9.55 Å².